The number of hydrogen-bond donors (Lipinski definition) is 6. The summed E-state index contributed by atoms with van der Waals surface area (Å²) in [5.74, 6) is -1.56. The van der Waals surface area contributed by atoms with Crippen molar-refractivity contribution >= 4 is 33.4 Å². The van der Waals surface area contributed by atoms with Crippen molar-refractivity contribution in [1.29, 1.82) is 0 Å². The number of phosphoric ester groups is 2. The van der Waals surface area contributed by atoms with E-state index < -0.39 is 89.8 Å². The van der Waals surface area contributed by atoms with Gasteiger partial charge in [-0.3, -0.25) is 23.2 Å². The standard InChI is InChI=1S/C54H83N3O16P2/c1-3-5-7-9-11-13-15-17-18-19-20-21-22-24-26-28-30-32-34-38-50(60)71-46(42-68-49(59)39-35-37-45(58)36-33-31-29-27-25-23-16-14-12-10-8-6-4-2)43-69-74(64,65)73-75(66,67)70-44-47-51(61)52(62)53(72-47)57-41-40-48(55)56-54(57)63/h5,7,11-14,17-18,20-21,23-26,29,31,33,36,40-41,45-47,51-53,58,61-62H,3-4,6,8-10,15-16,19,22,27-28,30,32,34-35,37-39,42-44H2,1-2H3,(H,64,65)(H,66,67)(H2,55,56,63)/b7-5-,13-11-,14-12-,18-17-,21-20-,25-23-,26-24-,31-29-,36-33+/t45-,46-,47-,51-,52-,53-/m1/s1. The zero-order chi connectivity index (χ0) is 55.0. The maximum atomic E-state index is 12.9. The Morgan fingerprint density at radius 2 is 1.28 bits per heavy atom. The molecule has 1 fully saturated rings. The van der Waals surface area contributed by atoms with Gasteiger partial charge in [0, 0.05) is 19.0 Å². The molecule has 7 N–H and O–H groups in total. The van der Waals surface area contributed by atoms with E-state index >= 15 is 0 Å². The Bertz CT molecular complexity index is 2200. The zero-order valence-electron chi connectivity index (χ0n) is 43.7. The SMILES string of the molecule is CC/C=C\C/C=C\C/C=C\C/C=C\C/C=C\CCCCCC(=O)O[C@H](COC(=O)CCC[C@H](O)/C=C/C=C\C/C=C\C/C=C\CCCCC)COP(=O)(O)OP(=O)(O)OC[C@H]1O[C@@H](n2ccc(N)nc2=O)[C@H](O)[C@@H]1O. The number of esters is 2. The van der Waals surface area contributed by atoms with Gasteiger partial charge in [0.25, 0.3) is 0 Å². The summed E-state index contributed by atoms with van der Waals surface area (Å²) in [4.78, 5) is 62.0. The third-order valence-corrected chi connectivity index (χ3v) is 13.5. The van der Waals surface area contributed by atoms with Crippen LogP contribution in [0.3, 0.4) is 0 Å². The molecule has 1 aliphatic rings. The van der Waals surface area contributed by atoms with Crippen LogP contribution in [-0.2, 0) is 46.3 Å². The number of aromatic nitrogens is 2. The number of ether oxygens (including phenoxy) is 3. The van der Waals surface area contributed by atoms with Crippen molar-refractivity contribution in [2.75, 3.05) is 25.6 Å². The quantitative estimate of drug-likeness (QED) is 0.0117. The van der Waals surface area contributed by atoms with Crippen molar-refractivity contribution < 1.29 is 71.4 Å². The van der Waals surface area contributed by atoms with Gasteiger partial charge in [-0.1, -0.05) is 142 Å². The van der Waals surface area contributed by atoms with E-state index in [4.69, 9.17) is 29.0 Å². The number of rotatable bonds is 41. The van der Waals surface area contributed by atoms with Gasteiger partial charge < -0.3 is 45.1 Å². The first-order valence-electron chi connectivity index (χ1n) is 26.0. The molecule has 21 heteroatoms. The zero-order valence-corrected chi connectivity index (χ0v) is 45.4. The summed E-state index contributed by atoms with van der Waals surface area (Å²) in [7, 11) is -11.0. The lowest BCUT2D eigenvalue weighted by atomic mass is 10.1. The van der Waals surface area contributed by atoms with Gasteiger partial charge in [0.15, 0.2) is 12.3 Å². The highest BCUT2D eigenvalue weighted by Gasteiger charge is 2.46. The van der Waals surface area contributed by atoms with Gasteiger partial charge in [-0.05, 0) is 96.0 Å². The minimum atomic E-state index is -5.48. The average Bonchev–Trinajstić information content (AvgIpc) is 3.64. The molecule has 1 aromatic heterocycles. The second-order valence-electron chi connectivity index (χ2n) is 17.5. The van der Waals surface area contributed by atoms with E-state index in [1.54, 1.807) is 12.2 Å². The molecule has 75 heavy (non-hydrogen) atoms. The smallest absolute Gasteiger partial charge is 0.462 e. The first-order valence-corrected chi connectivity index (χ1v) is 29.0. The summed E-state index contributed by atoms with van der Waals surface area (Å²) in [5, 5.41) is 31.3. The van der Waals surface area contributed by atoms with Crippen molar-refractivity contribution in [3.63, 3.8) is 0 Å². The number of phosphoric acid groups is 2. The first kappa shape index (κ1) is 66.5. The predicted molar refractivity (Wildman–Crippen MR) is 290 cm³/mol. The molecule has 0 aliphatic carbocycles. The Morgan fingerprint density at radius 1 is 0.720 bits per heavy atom. The topological polar surface area (TPSA) is 286 Å². The summed E-state index contributed by atoms with van der Waals surface area (Å²) in [5.41, 5.74) is 4.57. The van der Waals surface area contributed by atoms with Crippen LogP contribution in [0.5, 0.6) is 0 Å². The monoisotopic (exact) mass is 1090 g/mol. The molecule has 2 heterocycles. The van der Waals surface area contributed by atoms with Gasteiger partial charge in [-0.25, -0.2) is 13.9 Å². The van der Waals surface area contributed by atoms with Crippen LogP contribution in [0.2, 0.25) is 0 Å². The molecule has 0 spiro atoms. The van der Waals surface area contributed by atoms with E-state index in [0.717, 1.165) is 75.0 Å². The van der Waals surface area contributed by atoms with Crippen LogP contribution >= 0.6 is 15.6 Å². The summed E-state index contributed by atoms with van der Waals surface area (Å²) in [6.07, 6.45) is 43.3. The molecule has 0 radical (unpaired) electrons. The van der Waals surface area contributed by atoms with Crippen molar-refractivity contribution in [1.82, 2.24) is 9.55 Å². The van der Waals surface area contributed by atoms with Crippen molar-refractivity contribution in [3.05, 3.63) is 132 Å². The number of aliphatic hydroxyl groups is 3. The van der Waals surface area contributed by atoms with Crippen LogP contribution in [0, 0.1) is 0 Å². The van der Waals surface area contributed by atoms with Crippen molar-refractivity contribution in [2.24, 2.45) is 0 Å². The highest BCUT2D eigenvalue weighted by molar-refractivity contribution is 7.61. The number of aliphatic hydroxyl groups excluding tert-OH is 3. The number of hydrogen-bond acceptors (Lipinski definition) is 16. The molecule has 1 saturated heterocycles. The third kappa shape index (κ3) is 33.2. The molecule has 0 aromatic carbocycles. The molecular weight excluding hydrogens is 1010 g/mol. The molecule has 2 rings (SSSR count). The Hall–Kier alpha value is -4.62. The highest BCUT2D eigenvalue weighted by atomic mass is 31.3. The van der Waals surface area contributed by atoms with Gasteiger partial charge in [0.1, 0.15) is 30.7 Å². The Balaban J connectivity index is 1.87. The minimum Gasteiger partial charge on any atom is -0.462 e. The van der Waals surface area contributed by atoms with Crippen LogP contribution in [0.15, 0.2) is 126 Å². The van der Waals surface area contributed by atoms with Crippen LogP contribution < -0.4 is 11.4 Å². The third-order valence-electron chi connectivity index (χ3n) is 10.9. The lowest BCUT2D eigenvalue weighted by Crippen LogP contribution is -2.36. The summed E-state index contributed by atoms with van der Waals surface area (Å²) in [6, 6.07) is 1.23. The first-order chi connectivity index (χ1) is 36.1. The number of nitrogens with two attached hydrogens (primary N) is 1. The highest BCUT2D eigenvalue weighted by Crippen LogP contribution is 2.60. The Labute approximate surface area is 443 Å². The number of anilines is 1. The van der Waals surface area contributed by atoms with E-state index in [1.165, 1.54) is 25.3 Å². The number of carbonyl (C=O) groups excluding carboxylic acids is 2. The number of nitrogens with zero attached hydrogens (tertiary/aromatic N) is 2. The number of nitrogen functional groups attached to an aromatic ring is 1. The van der Waals surface area contributed by atoms with Gasteiger partial charge >= 0.3 is 33.3 Å². The van der Waals surface area contributed by atoms with Gasteiger partial charge in [-0.15, -0.1) is 0 Å². The van der Waals surface area contributed by atoms with E-state index in [1.807, 2.05) is 12.2 Å². The lowest BCUT2D eigenvalue weighted by molar-refractivity contribution is -0.161. The molecule has 0 bridgehead atoms. The molecule has 0 saturated carbocycles. The fraction of sp³-hybridized carbons (Fsp3) is 0.556. The minimum absolute atomic E-state index is 0.0364. The summed E-state index contributed by atoms with van der Waals surface area (Å²) < 4.78 is 56.6. The van der Waals surface area contributed by atoms with E-state index in [2.05, 4.69) is 108 Å². The van der Waals surface area contributed by atoms with Crippen LogP contribution in [0.4, 0.5) is 5.82 Å². The molecule has 0 amide bonds. The summed E-state index contributed by atoms with van der Waals surface area (Å²) >= 11 is 0. The molecule has 1 aliphatic heterocycles. The molecule has 8 atom stereocenters. The van der Waals surface area contributed by atoms with Crippen LogP contribution in [-0.4, -0.2) is 96.9 Å². The fourth-order valence-electron chi connectivity index (χ4n) is 6.91. The van der Waals surface area contributed by atoms with Gasteiger partial charge in [0.05, 0.1) is 19.3 Å². The Morgan fingerprint density at radius 3 is 1.88 bits per heavy atom. The lowest BCUT2D eigenvalue weighted by Gasteiger charge is -2.21. The normalized spacial score (nSPS) is 20.1. The van der Waals surface area contributed by atoms with E-state index in [-0.39, 0.29) is 31.5 Å². The second kappa shape index (κ2) is 40.6. The Kier molecular flexibility index (Phi) is 36.0. The molecule has 420 valence electrons. The largest absolute Gasteiger partial charge is 0.481 e. The molecule has 2 unspecified atom stereocenters. The molecule has 1 aromatic rings. The summed E-state index contributed by atoms with van der Waals surface area (Å²) in [6.45, 7) is 1.78. The number of allylic oxidation sites excluding steroid dienone is 17. The second-order valence-corrected chi connectivity index (χ2v) is 20.5. The predicted octanol–water partition coefficient (Wildman–Crippen LogP) is 9.97. The maximum absolute atomic E-state index is 12.9. The average molecular weight is 1090 g/mol. The van der Waals surface area contributed by atoms with E-state index in [0.29, 0.717) is 12.8 Å². The molecular formula is C54H83N3O16P2. The number of carbonyl (C=O) groups is 2. The van der Waals surface area contributed by atoms with Crippen molar-refractivity contribution in [3.8, 4) is 0 Å². The van der Waals surface area contributed by atoms with Crippen LogP contribution in [0.25, 0.3) is 0 Å². The number of unbranched alkanes of at least 4 members (excludes halogenated alkanes) is 6. The van der Waals surface area contributed by atoms with Crippen LogP contribution in [0.1, 0.15) is 142 Å². The molecule has 19 nitrogen and oxygen atoms in total. The maximum Gasteiger partial charge on any atom is 0.481 e. The fourth-order valence-corrected chi connectivity index (χ4v) is 9.02. The van der Waals surface area contributed by atoms with Crippen molar-refractivity contribution in [2.45, 2.75) is 173 Å². The van der Waals surface area contributed by atoms with Gasteiger partial charge in [0.2, 0.25) is 0 Å². The van der Waals surface area contributed by atoms with E-state index in [9.17, 15) is 48.6 Å². The van der Waals surface area contributed by atoms with Gasteiger partial charge in [-0.2, -0.15) is 9.29 Å².